The van der Waals surface area contributed by atoms with Crippen molar-refractivity contribution in [1.82, 2.24) is 5.32 Å². The Morgan fingerprint density at radius 3 is 2.63 bits per heavy atom. The van der Waals surface area contributed by atoms with Gasteiger partial charge in [0.1, 0.15) is 11.5 Å². The topological polar surface area (TPSA) is 127 Å². The second-order valence-corrected chi connectivity index (χ2v) is 3.45. The first-order chi connectivity index (χ1) is 8.93. The lowest BCUT2D eigenvalue weighted by atomic mass is 10.2. The molecular formula is C10H11FN4O4. The number of carbonyl (C=O) groups excluding carboxylic acids is 2. The molecule has 0 heterocycles. The second-order valence-electron chi connectivity index (χ2n) is 3.45. The SMILES string of the molecule is NCC(=O)NCC(=O)Nc1ccc(F)cc1[N+](=O)[O-]. The lowest BCUT2D eigenvalue weighted by Crippen LogP contribution is -2.36. The summed E-state index contributed by atoms with van der Waals surface area (Å²) < 4.78 is 12.9. The van der Waals surface area contributed by atoms with Gasteiger partial charge in [0.25, 0.3) is 5.69 Å². The number of hydrogen-bond donors (Lipinski definition) is 3. The Morgan fingerprint density at radius 2 is 2.05 bits per heavy atom. The van der Waals surface area contributed by atoms with Gasteiger partial charge < -0.3 is 16.4 Å². The van der Waals surface area contributed by atoms with Crippen molar-refractivity contribution in [3.05, 3.63) is 34.1 Å². The van der Waals surface area contributed by atoms with Gasteiger partial charge in [-0.05, 0) is 12.1 Å². The summed E-state index contributed by atoms with van der Waals surface area (Å²) in [6, 6.07) is 2.73. The molecule has 0 unspecified atom stereocenters. The van der Waals surface area contributed by atoms with E-state index in [0.717, 1.165) is 12.1 Å². The van der Waals surface area contributed by atoms with Crippen LogP contribution in [0.15, 0.2) is 18.2 Å². The predicted octanol–water partition coefficient (Wildman–Crippen LogP) is -0.253. The molecule has 1 rings (SSSR count). The van der Waals surface area contributed by atoms with Crippen molar-refractivity contribution in [1.29, 1.82) is 0 Å². The fourth-order valence-corrected chi connectivity index (χ4v) is 1.21. The van der Waals surface area contributed by atoms with E-state index in [4.69, 9.17) is 5.73 Å². The first-order valence-corrected chi connectivity index (χ1v) is 5.14. The van der Waals surface area contributed by atoms with Crippen molar-refractivity contribution in [3.63, 3.8) is 0 Å². The third-order valence-corrected chi connectivity index (χ3v) is 2.06. The van der Waals surface area contributed by atoms with E-state index in [9.17, 15) is 24.1 Å². The summed E-state index contributed by atoms with van der Waals surface area (Å²) >= 11 is 0. The molecule has 0 aliphatic heterocycles. The van der Waals surface area contributed by atoms with Gasteiger partial charge in [0.05, 0.1) is 24.1 Å². The third kappa shape index (κ3) is 4.32. The fourth-order valence-electron chi connectivity index (χ4n) is 1.21. The number of amides is 2. The van der Waals surface area contributed by atoms with Crippen molar-refractivity contribution in [2.75, 3.05) is 18.4 Å². The summed E-state index contributed by atoms with van der Waals surface area (Å²) in [5.41, 5.74) is 4.29. The summed E-state index contributed by atoms with van der Waals surface area (Å²) in [6.45, 7) is -0.658. The molecule has 8 nitrogen and oxygen atoms in total. The molecular weight excluding hydrogens is 259 g/mol. The molecule has 0 saturated heterocycles. The standard InChI is InChI=1S/C10H11FN4O4/c11-6-1-2-7(8(3-6)15(18)19)14-10(17)5-13-9(16)4-12/h1-3H,4-5,12H2,(H,13,16)(H,14,17). The molecule has 2 amide bonds. The highest BCUT2D eigenvalue weighted by Gasteiger charge is 2.17. The van der Waals surface area contributed by atoms with Crippen LogP contribution in [0.25, 0.3) is 0 Å². The van der Waals surface area contributed by atoms with Crippen molar-refractivity contribution >= 4 is 23.2 Å². The van der Waals surface area contributed by atoms with Gasteiger partial charge >= 0.3 is 0 Å². The number of nitro groups is 1. The maximum Gasteiger partial charge on any atom is 0.295 e. The normalized spacial score (nSPS) is 9.79. The van der Waals surface area contributed by atoms with Crippen LogP contribution in [0.1, 0.15) is 0 Å². The van der Waals surface area contributed by atoms with Gasteiger partial charge in [-0.15, -0.1) is 0 Å². The number of nitrogens with zero attached hydrogens (tertiary/aromatic N) is 1. The van der Waals surface area contributed by atoms with Crippen molar-refractivity contribution in [3.8, 4) is 0 Å². The van der Waals surface area contributed by atoms with Gasteiger partial charge in [0.2, 0.25) is 11.8 Å². The monoisotopic (exact) mass is 270 g/mol. The van der Waals surface area contributed by atoms with Crippen LogP contribution >= 0.6 is 0 Å². The third-order valence-electron chi connectivity index (χ3n) is 2.06. The van der Waals surface area contributed by atoms with E-state index in [0.29, 0.717) is 6.07 Å². The van der Waals surface area contributed by atoms with E-state index in [1.165, 1.54) is 0 Å². The van der Waals surface area contributed by atoms with Gasteiger partial charge in [0, 0.05) is 0 Å². The summed E-state index contributed by atoms with van der Waals surface area (Å²) in [5, 5.41) is 15.1. The zero-order valence-electron chi connectivity index (χ0n) is 9.68. The number of anilines is 1. The van der Waals surface area contributed by atoms with Crippen LogP contribution in [0.2, 0.25) is 0 Å². The van der Waals surface area contributed by atoms with E-state index < -0.39 is 28.2 Å². The maximum atomic E-state index is 12.9. The Hall–Kier alpha value is -2.55. The van der Waals surface area contributed by atoms with Gasteiger partial charge in [-0.1, -0.05) is 0 Å². The molecule has 4 N–H and O–H groups in total. The van der Waals surface area contributed by atoms with E-state index in [-0.39, 0.29) is 18.8 Å². The van der Waals surface area contributed by atoms with Gasteiger partial charge in [0.15, 0.2) is 0 Å². The minimum atomic E-state index is -0.822. The van der Waals surface area contributed by atoms with Crippen LogP contribution in [-0.2, 0) is 9.59 Å². The molecule has 1 aromatic rings. The van der Waals surface area contributed by atoms with Crippen LogP contribution in [0.4, 0.5) is 15.8 Å². The van der Waals surface area contributed by atoms with E-state index in [1.54, 1.807) is 0 Å². The summed E-state index contributed by atoms with van der Waals surface area (Å²) in [5.74, 6) is -2.01. The molecule has 0 aliphatic rings. The number of rotatable bonds is 5. The highest BCUT2D eigenvalue weighted by molar-refractivity contribution is 5.96. The average molecular weight is 270 g/mol. The summed E-state index contributed by atoms with van der Waals surface area (Å²) in [6.07, 6.45) is 0. The smallest absolute Gasteiger partial charge is 0.295 e. The molecule has 0 radical (unpaired) electrons. The Balaban J connectivity index is 2.74. The Bertz CT molecular complexity index is 520. The zero-order chi connectivity index (χ0) is 14.4. The molecule has 0 saturated carbocycles. The lowest BCUT2D eigenvalue weighted by molar-refractivity contribution is -0.384. The Morgan fingerprint density at radius 1 is 1.37 bits per heavy atom. The minimum Gasteiger partial charge on any atom is -0.346 e. The van der Waals surface area contributed by atoms with Crippen molar-refractivity contribution in [2.45, 2.75) is 0 Å². The zero-order valence-corrected chi connectivity index (χ0v) is 9.68. The first kappa shape index (κ1) is 14.5. The molecule has 19 heavy (non-hydrogen) atoms. The molecule has 1 aromatic carbocycles. The molecule has 102 valence electrons. The Kier molecular flexibility index (Phi) is 4.89. The van der Waals surface area contributed by atoms with Gasteiger partial charge in [-0.3, -0.25) is 19.7 Å². The molecule has 0 spiro atoms. The minimum absolute atomic E-state index is 0.154. The number of nitrogens with two attached hydrogens (primary N) is 1. The van der Waals surface area contributed by atoms with E-state index in [2.05, 4.69) is 10.6 Å². The highest BCUT2D eigenvalue weighted by Crippen LogP contribution is 2.24. The number of hydrogen-bond acceptors (Lipinski definition) is 5. The average Bonchev–Trinajstić information content (AvgIpc) is 2.37. The van der Waals surface area contributed by atoms with Crippen LogP contribution in [-0.4, -0.2) is 29.8 Å². The number of halogens is 1. The van der Waals surface area contributed by atoms with Gasteiger partial charge in [-0.2, -0.15) is 0 Å². The largest absolute Gasteiger partial charge is 0.346 e. The number of nitrogens with one attached hydrogen (secondary N) is 2. The van der Waals surface area contributed by atoms with Gasteiger partial charge in [-0.25, -0.2) is 4.39 Å². The van der Waals surface area contributed by atoms with Crippen molar-refractivity contribution < 1.29 is 18.9 Å². The van der Waals surface area contributed by atoms with Crippen molar-refractivity contribution in [2.24, 2.45) is 5.73 Å². The maximum absolute atomic E-state index is 12.9. The van der Waals surface area contributed by atoms with Crippen LogP contribution in [0, 0.1) is 15.9 Å². The highest BCUT2D eigenvalue weighted by atomic mass is 19.1. The number of nitro benzene ring substituents is 1. The van der Waals surface area contributed by atoms with E-state index >= 15 is 0 Å². The fraction of sp³-hybridized carbons (Fsp3) is 0.200. The van der Waals surface area contributed by atoms with Crippen LogP contribution in [0.5, 0.6) is 0 Å². The molecule has 9 heteroatoms. The molecule has 0 aliphatic carbocycles. The number of carbonyl (C=O) groups is 2. The number of benzene rings is 1. The first-order valence-electron chi connectivity index (χ1n) is 5.14. The molecule has 0 bridgehead atoms. The quantitative estimate of drug-likeness (QED) is 0.502. The Labute approximate surface area is 106 Å². The van der Waals surface area contributed by atoms with Crippen LogP contribution < -0.4 is 16.4 Å². The summed E-state index contributed by atoms with van der Waals surface area (Å²) in [7, 11) is 0. The predicted molar refractivity (Wildman–Crippen MR) is 63.7 cm³/mol. The van der Waals surface area contributed by atoms with Crippen LogP contribution in [0.3, 0.4) is 0 Å². The summed E-state index contributed by atoms with van der Waals surface area (Å²) in [4.78, 5) is 32.1. The lowest BCUT2D eigenvalue weighted by Gasteiger charge is -2.06. The molecule has 0 aromatic heterocycles. The van der Waals surface area contributed by atoms with E-state index in [1.807, 2.05) is 0 Å². The molecule has 0 atom stereocenters. The second kappa shape index (κ2) is 6.40. The molecule has 0 fully saturated rings.